The minimum absolute atomic E-state index is 0.0840. The molecule has 2 unspecified atom stereocenters. The van der Waals surface area contributed by atoms with Crippen molar-refractivity contribution in [2.45, 2.75) is 26.4 Å². The van der Waals surface area contributed by atoms with Gasteiger partial charge in [0, 0.05) is 0 Å². The van der Waals surface area contributed by atoms with Crippen molar-refractivity contribution >= 4 is 0 Å². The van der Waals surface area contributed by atoms with Gasteiger partial charge < -0.3 is 9.84 Å². The van der Waals surface area contributed by atoms with Gasteiger partial charge in [0.2, 0.25) is 0 Å². The summed E-state index contributed by atoms with van der Waals surface area (Å²) in [7, 11) is 1.56. The molecule has 0 saturated carbocycles. The van der Waals surface area contributed by atoms with E-state index in [4.69, 9.17) is 4.74 Å². The lowest BCUT2D eigenvalue weighted by molar-refractivity contribution is 0.134. The van der Waals surface area contributed by atoms with Crippen LogP contribution in [0.4, 0.5) is 4.39 Å². The first kappa shape index (κ1) is 12.0. The fourth-order valence-corrected chi connectivity index (χ4v) is 1.42. The summed E-state index contributed by atoms with van der Waals surface area (Å²) in [6.07, 6.45) is 0.205. The summed E-state index contributed by atoms with van der Waals surface area (Å²) in [5.74, 6) is 0.480. The van der Waals surface area contributed by atoms with Crippen LogP contribution in [0.5, 0.6) is 5.75 Å². The molecule has 1 rings (SSSR count). The highest BCUT2D eigenvalue weighted by molar-refractivity contribution is 5.34. The molecule has 2 nitrogen and oxygen atoms in total. The van der Waals surface area contributed by atoms with Crippen molar-refractivity contribution in [3.63, 3.8) is 0 Å². The van der Waals surface area contributed by atoms with Crippen LogP contribution in [0, 0.1) is 11.7 Å². The zero-order valence-corrected chi connectivity index (χ0v) is 9.33. The zero-order valence-electron chi connectivity index (χ0n) is 9.33. The van der Waals surface area contributed by atoms with Crippen LogP contribution in [0.25, 0.3) is 0 Å². The maximum absolute atomic E-state index is 13.0. The van der Waals surface area contributed by atoms with Gasteiger partial charge in [-0.2, -0.15) is 0 Å². The fraction of sp³-hybridized carbons (Fsp3) is 0.500. The Hall–Kier alpha value is -1.09. The summed E-state index contributed by atoms with van der Waals surface area (Å²) >= 11 is 0. The minimum Gasteiger partial charge on any atom is -0.496 e. The molecular formula is C12H17FO2. The van der Waals surface area contributed by atoms with Crippen molar-refractivity contribution in [3.8, 4) is 5.75 Å². The van der Waals surface area contributed by atoms with E-state index in [-0.39, 0.29) is 11.7 Å². The molecule has 1 N–H and O–H groups in total. The second kappa shape index (κ2) is 5.12. The highest BCUT2D eigenvalue weighted by atomic mass is 19.1. The molecule has 0 aliphatic heterocycles. The first-order valence-corrected chi connectivity index (χ1v) is 5.05. The van der Waals surface area contributed by atoms with Crippen molar-refractivity contribution in [3.05, 3.63) is 29.6 Å². The molecule has 0 aliphatic rings. The molecule has 0 spiro atoms. The average molecular weight is 212 g/mol. The summed E-state index contributed by atoms with van der Waals surface area (Å²) in [4.78, 5) is 0. The van der Waals surface area contributed by atoms with E-state index in [0.29, 0.717) is 12.2 Å². The average Bonchev–Trinajstić information content (AvgIpc) is 2.18. The highest BCUT2D eigenvalue weighted by Gasteiger charge is 2.13. The Balaban J connectivity index is 2.87. The number of aliphatic hydroxyl groups excluding tert-OH is 1. The molecule has 0 amide bonds. The quantitative estimate of drug-likeness (QED) is 0.830. The van der Waals surface area contributed by atoms with Crippen molar-refractivity contribution in [2.75, 3.05) is 7.11 Å². The second-order valence-electron chi connectivity index (χ2n) is 3.88. The van der Waals surface area contributed by atoms with E-state index < -0.39 is 6.10 Å². The summed E-state index contributed by atoms with van der Waals surface area (Å²) in [6.45, 7) is 3.66. The topological polar surface area (TPSA) is 29.5 Å². The Labute approximate surface area is 89.7 Å². The minimum atomic E-state index is -0.405. The molecule has 1 aromatic rings. The van der Waals surface area contributed by atoms with Gasteiger partial charge in [-0.25, -0.2) is 4.39 Å². The fourth-order valence-electron chi connectivity index (χ4n) is 1.42. The van der Waals surface area contributed by atoms with Crippen LogP contribution in [0.3, 0.4) is 0 Å². The van der Waals surface area contributed by atoms with E-state index in [9.17, 15) is 9.50 Å². The third kappa shape index (κ3) is 3.20. The van der Waals surface area contributed by atoms with Crippen LogP contribution >= 0.6 is 0 Å². The summed E-state index contributed by atoms with van der Waals surface area (Å²) in [6, 6.07) is 4.44. The molecule has 0 fully saturated rings. The molecule has 0 aliphatic carbocycles. The van der Waals surface area contributed by atoms with Gasteiger partial charge in [0.15, 0.2) is 0 Å². The number of halogens is 1. The molecule has 0 radical (unpaired) electrons. The number of ether oxygens (including phenoxy) is 1. The SMILES string of the molecule is COc1ccc(F)cc1CC(C)C(C)O. The molecule has 0 bridgehead atoms. The van der Waals surface area contributed by atoms with Crippen molar-refractivity contribution in [1.29, 1.82) is 0 Å². The van der Waals surface area contributed by atoms with E-state index in [1.54, 1.807) is 20.1 Å². The number of hydrogen-bond donors (Lipinski definition) is 1. The van der Waals surface area contributed by atoms with E-state index in [1.165, 1.54) is 12.1 Å². The first-order valence-electron chi connectivity index (χ1n) is 5.05. The van der Waals surface area contributed by atoms with Crippen molar-refractivity contribution in [2.24, 2.45) is 5.92 Å². The molecule has 2 atom stereocenters. The molecule has 1 aromatic carbocycles. The van der Waals surface area contributed by atoms with Crippen LogP contribution in [0.2, 0.25) is 0 Å². The highest BCUT2D eigenvalue weighted by Crippen LogP contribution is 2.23. The Kier molecular flexibility index (Phi) is 4.09. The molecule has 0 aromatic heterocycles. The summed E-state index contributed by atoms with van der Waals surface area (Å²) in [5, 5.41) is 9.38. The van der Waals surface area contributed by atoms with E-state index in [0.717, 1.165) is 5.56 Å². The Morgan fingerprint density at radius 3 is 2.60 bits per heavy atom. The molecule has 84 valence electrons. The van der Waals surface area contributed by atoms with Crippen LogP contribution in [0.1, 0.15) is 19.4 Å². The van der Waals surface area contributed by atoms with Crippen LogP contribution in [-0.4, -0.2) is 18.3 Å². The van der Waals surface area contributed by atoms with Crippen molar-refractivity contribution < 1.29 is 14.2 Å². The molecule has 3 heteroatoms. The number of hydrogen-bond acceptors (Lipinski definition) is 2. The number of benzene rings is 1. The molecule has 0 heterocycles. The third-order valence-corrected chi connectivity index (χ3v) is 2.61. The lowest BCUT2D eigenvalue weighted by Gasteiger charge is -2.16. The van der Waals surface area contributed by atoms with Gasteiger partial charge in [0.25, 0.3) is 0 Å². The third-order valence-electron chi connectivity index (χ3n) is 2.61. The number of methoxy groups -OCH3 is 1. The van der Waals surface area contributed by atoms with Gasteiger partial charge in [-0.15, -0.1) is 0 Å². The van der Waals surface area contributed by atoms with E-state index in [1.807, 2.05) is 6.92 Å². The Morgan fingerprint density at radius 2 is 2.07 bits per heavy atom. The second-order valence-corrected chi connectivity index (χ2v) is 3.88. The Bertz CT molecular complexity index is 323. The lowest BCUT2D eigenvalue weighted by Crippen LogP contribution is -2.16. The van der Waals surface area contributed by atoms with Gasteiger partial charge in [0.1, 0.15) is 11.6 Å². The van der Waals surface area contributed by atoms with Crippen LogP contribution < -0.4 is 4.74 Å². The smallest absolute Gasteiger partial charge is 0.123 e. The first-order chi connectivity index (χ1) is 7.04. The summed E-state index contributed by atoms with van der Waals surface area (Å²) < 4.78 is 18.1. The number of rotatable bonds is 4. The molecule has 0 saturated heterocycles. The largest absolute Gasteiger partial charge is 0.496 e. The normalized spacial score (nSPS) is 14.7. The zero-order chi connectivity index (χ0) is 11.4. The lowest BCUT2D eigenvalue weighted by atomic mass is 9.96. The van der Waals surface area contributed by atoms with Gasteiger partial charge in [-0.3, -0.25) is 0 Å². The Morgan fingerprint density at radius 1 is 1.40 bits per heavy atom. The molecular weight excluding hydrogens is 195 g/mol. The number of aliphatic hydroxyl groups is 1. The van der Waals surface area contributed by atoms with E-state index >= 15 is 0 Å². The summed E-state index contributed by atoms with van der Waals surface area (Å²) in [5.41, 5.74) is 0.797. The van der Waals surface area contributed by atoms with Gasteiger partial charge >= 0.3 is 0 Å². The van der Waals surface area contributed by atoms with Gasteiger partial charge in [-0.1, -0.05) is 6.92 Å². The monoisotopic (exact) mass is 212 g/mol. The van der Waals surface area contributed by atoms with Gasteiger partial charge in [0.05, 0.1) is 13.2 Å². The van der Waals surface area contributed by atoms with Crippen LogP contribution in [0.15, 0.2) is 18.2 Å². The maximum atomic E-state index is 13.0. The molecule has 15 heavy (non-hydrogen) atoms. The van der Waals surface area contributed by atoms with Crippen LogP contribution in [-0.2, 0) is 6.42 Å². The van der Waals surface area contributed by atoms with E-state index in [2.05, 4.69) is 0 Å². The van der Waals surface area contributed by atoms with Crippen molar-refractivity contribution in [1.82, 2.24) is 0 Å². The standard InChI is InChI=1S/C12H17FO2/c1-8(9(2)14)6-10-7-11(13)4-5-12(10)15-3/h4-5,7-9,14H,6H2,1-3H3. The van der Waals surface area contributed by atoms with Gasteiger partial charge in [-0.05, 0) is 43.0 Å². The predicted octanol–water partition coefficient (Wildman–Crippen LogP) is 2.39. The maximum Gasteiger partial charge on any atom is 0.123 e. The predicted molar refractivity (Wildman–Crippen MR) is 57.5 cm³/mol.